The van der Waals surface area contributed by atoms with Gasteiger partial charge in [-0.1, -0.05) is 73.8 Å². The van der Waals surface area contributed by atoms with Crippen molar-refractivity contribution >= 4 is 17.2 Å². The monoisotopic (exact) mass is 454 g/mol. The summed E-state index contributed by atoms with van der Waals surface area (Å²) in [7, 11) is 0. The minimum atomic E-state index is -0.289. The predicted octanol–water partition coefficient (Wildman–Crippen LogP) is 9.19. The number of benzene rings is 2. The second-order valence-corrected chi connectivity index (χ2v) is 9.87. The summed E-state index contributed by atoms with van der Waals surface area (Å²) in [4.78, 5) is 0. The third kappa shape index (κ3) is 5.29. The first-order valence-electron chi connectivity index (χ1n) is 12.5. The third-order valence-electron chi connectivity index (χ3n) is 7.41. The van der Waals surface area contributed by atoms with Crippen LogP contribution in [0, 0.1) is 11.7 Å². The number of rotatable bonds is 7. The summed E-state index contributed by atoms with van der Waals surface area (Å²) < 4.78 is 21.1. The number of hydrogen-bond acceptors (Lipinski definition) is 1. The molecule has 0 heterocycles. The van der Waals surface area contributed by atoms with E-state index in [-0.39, 0.29) is 5.82 Å². The highest BCUT2D eigenvalue weighted by Gasteiger charge is 2.26. The van der Waals surface area contributed by atoms with Crippen LogP contribution in [0.25, 0.3) is 16.7 Å². The van der Waals surface area contributed by atoms with E-state index >= 15 is 4.39 Å². The van der Waals surface area contributed by atoms with Crippen LogP contribution >= 0.6 is 11.6 Å². The lowest BCUT2D eigenvalue weighted by Gasteiger charge is -2.29. The van der Waals surface area contributed by atoms with E-state index in [4.69, 9.17) is 16.3 Å². The van der Waals surface area contributed by atoms with Crippen LogP contribution in [0.15, 0.2) is 42.5 Å². The molecule has 0 N–H and O–H groups in total. The smallest absolute Gasteiger partial charge is 0.149 e. The number of allylic oxidation sites excluding steroid dienone is 2. The zero-order valence-corrected chi connectivity index (χ0v) is 20.3. The number of hydrogen-bond donors (Lipinski definition) is 0. The quantitative estimate of drug-likeness (QED) is 0.405. The van der Waals surface area contributed by atoms with Crippen LogP contribution in [0.2, 0.25) is 5.02 Å². The van der Waals surface area contributed by atoms with Gasteiger partial charge in [-0.25, -0.2) is 4.39 Å². The maximum Gasteiger partial charge on any atom is 0.149 e. The molecule has 0 aliphatic heterocycles. The lowest BCUT2D eigenvalue weighted by molar-refractivity contribution is 0.0328. The standard InChI is InChI=1S/C29H36ClFO/c1-3-5-20-6-8-21(9-7-20)22-10-12-24(13-11-22)27-19-18-26(28(30)29(27)31)23-14-16-25(17-15-23)32-4-2/h8,10-13,18-20,23,25H,3-7,9,14-17H2,1-2H3. The highest BCUT2D eigenvalue weighted by molar-refractivity contribution is 6.32. The van der Waals surface area contributed by atoms with E-state index in [1.807, 2.05) is 31.2 Å². The van der Waals surface area contributed by atoms with Crippen LogP contribution in [0.5, 0.6) is 0 Å². The Bertz CT molecular complexity index is 925. The summed E-state index contributed by atoms with van der Waals surface area (Å²) in [6, 6.07) is 12.3. The molecule has 2 aromatic rings. The molecule has 2 aliphatic rings. The van der Waals surface area contributed by atoms with Gasteiger partial charge in [0, 0.05) is 12.2 Å². The molecule has 4 rings (SSSR count). The highest BCUT2D eigenvalue weighted by atomic mass is 35.5. The van der Waals surface area contributed by atoms with Gasteiger partial charge in [0.25, 0.3) is 0 Å². The third-order valence-corrected chi connectivity index (χ3v) is 7.80. The Morgan fingerprint density at radius 1 is 0.938 bits per heavy atom. The maximum absolute atomic E-state index is 15.3. The van der Waals surface area contributed by atoms with Crippen molar-refractivity contribution in [1.82, 2.24) is 0 Å². The van der Waals surface area contributed by atoms with E-state index in [0.29, 0.717) is 22.6 Å². The Morgan fingerprint density at radius 3 is 2.28 bits per heavy atom. The van der Waals surface area contributed by atoms with Gasteiger partial charge in [-0.05, 0) is 86.0 Å². The average molecular weight is 455 g/mol. The molecular formula is C29H36ClFO. The molecule has 0 spiro atoms. The van der Waals surface area contributed by atoms with E-state index in [2.05, 4.69) is 25.1 Å². The zero-order valence-electron chi connectivity index (χ0n) is 19.5. The van der Waals surface area contributed by atoms with Crippen LogP contribution in [-0.4, -0.2) is 12.7 Å². The van der Waals surface area contributed by atoms with Gasteiger partial charge in [-0.3, -0.25) is 0 Å². The molecule has 1 atom stereocenters. The minimum absolute atomic E-state index is 0.289. The Morgan fingerprint density at radius 2 is 1.66 bits per heavy atom. The normalized spacial score (nSPS) is 23.8. The van der Waals surface area contributed by atoms with Gasteiger partial charge in [0.1, 0.15) is 5.82 Å². The SMILES string of the molecule is CCCC1CC=C(c2ccc(-c3ccc(C4CCC(OCC)CC4)c(Cl)c3F)cc2)CC1. The zero-order chi connectivity index (χ0) is 22.5. The number of ether oxygens (including phenoxy) is 1. The summed E-state index contributed by atoms with van der Waals surface area (Å²) in [6.45, 7) is 5.07. The fourth-order valence-corrected chi connectivity index (χ4v) is 5.88. The molecular weight excluding hydrogens is 419 g/mol. The summed E-state index contributed by atoms with van der Waals surface area (Å²) in [5, 5.41) is 0.295. The van der Waals surface area contributed by atoms with Crippen LogP contribution in [0.1, 0.15) is 88.7 Å². The summed E-state index contributed by atoms with van der Waals surface area (Å²) in [5.74, 6) is 0.870. The molecule has 0 aromatic heterocycles. The molecule has 0 bridgehead atoms. The van der Waals surface area contributed by atoms with Crippen molar-refractivity contribution in [3.05, 3.63) is 64.4 Å². The van der Waals surface area contributed by atoms with Crippen molar-refractivity contribution in [3.8, 4) is 11.1 Å². The molecule has 1 unspecified atom stereocenters. The van der Waals surface area contributed by atoms with Crippen molar-refractivity contribution in [3.63, 3.8) is 0 Å². The van der Waals surface area contributed by atoms with E-state index < -0.39 is 0 Å². The average Bonchev–Trinajstić information content (AvgIpc) is 2.83. The number of halogens is 2. The maximum atomic E-state index is 15.3. The second-order valence-electron chi connectivity index (χ2n) is 9.50. The van der Waals surface area contributed by atoms with E-state index in [1.165, 1.54) is 36.8 Å². The van der Waals surface area contributed by atoms with Gasteiger partial charge in [0.15, 0.2) is 0 Å². The molecule has 32 heavy (non-hydrogen) atoms. The summed E-state index contributed by atoms with van der Waals surface area (Å²) >= 11 is 6.56. The Hall–Kier alpha value is -1.64. The fraction of sp³-hybridized carbons (Fsp3) is 0.517. The van der Waals surface area contributed by atoms with E-state index in [0.717, 1.165) is 55.8 Å². The largest absolute Gasteiger partial charge is 0.379 e. The van der Waals surface area contributed by atoms with Crippen LogP contribution in [0.3, 0.4) is 0 Å². The molecule has 1 nitrogen and oxygen atoms in total. The van der Waals surface area contributed by atoms with Crippen LogP contribution in [-0.2, 0) is 4.74 Å². The first-order valence-corrected chi connectivity index (χ1v) is 12.9. The van der Waals surface area contributed by atoms with Crippen molar-refractivity contribution in [2.75, 3.05) is 6.61 Å². The van der Waals surface area contributed by atoms with Gasteiger partial charge < -0.3 is 4.74 Å². The molecule has 2 aliphatic carbocycles. The minimum Gasteiger partial charge on any atom is -0.379 e. The molecule has 2 aromatic carbocycles. The van der Waals surface area contributed by atoms with E-state index in [1.54, 1.807) is 0 Å². The molecule has 172 valence electrons. The van der Waals surface area contributed by atoms with Gasteiger partial charge >= 0.3 is 0 Å². The lowest BCUT2D eigenvalue weighted by atomic mass is 9.82. The Balaban J connectivity index is 1.47. The molecule has 0 saturated heterocycles. The predicted molar refractivity (Wildman–Crippen MR) is 134 cm³/mol. The summed E-state index contributed by atoms with van der Waals surface area (Å²) in [6.07, 6.45) is 13.0. The topological polar surface area (TPSA) is 9.23 Å². The summed E-state index contributed by atoms with van der Waals surface area (Å²) in [5.41, 5.74) is 5.13. The first kappa shape index (κ1) is 23.5. The fourth-order valence-electron chi connectivity index (χ4n) is 5.56. The second kappa shape index (κ2) is 11.0. The molecule has 3 heteroatoms. The van der Waals surface area contributed by atoms with Crippen LogP contribution in [0.4, 0.5) is 4.39 Å². The van der Waals surface area contributed by atoms with Crippen molar-refractivity contribution in [2.24, 2.45) is 5.92 Å². The highest BCUT2D eigenvalue weighted by Crippen LogP contribution is 2.41. The Labute approximate surface area is 198 Å². The van der Waals surface area contributed by atoms with Crippen molar-refractivity contribution in [1.29, 1.82) is 0 Å². The molecule has 0 amide bonds. The molecule has 1 fully saturated rings. The Kier molecular flexibility index (Phi) is 8.07. The first-order chi connectivity index (χ1) is 15.6. The lowest BCUT2D eigenvalue weighted by Crippen LogP contribution is -2.21. The van der Waals surface area contributed by atoms with Crippen molar-refractivity contribution in [2.45, 2.75) is 83.7 Å². The van der Waals surface area contributed by atoms with Gasteiger partial charge in [-0.2, -0.15) is 0 Å². The van der Waals surface area contributed by atoms with Crippen molar-refractivity contribution < 1.29 is 9.13 Å². The van der Waals surface area contributed by atoms with E-state index in [9.17, 15) is 0 Å². The van der Waals surface area contributed by atoms with Gasteiger partial charge in [0.2, 0.25) is 0 Å². The molecule has 0 radical (unpaired) electrons. The van der Waals surface area contributed by atoms with Gasteiger partial charge in [0.05, 0.1) is 11.1 Å². The molecule has 1 saturated carbocycles. The van der Waals surface area contributed by atoms with Gasteiger partial charge in [-0.15, -0.1) is 0 Å². The van der Waals surface area contributed by atoms with Crippen LogP contribution < -0.4 is 0 Å².